The van der Waals surface area contributed by atoms with Gasteiger partial charge in [0.1, 0.15) is 0 Å². The average Bonchev–Trinajstić information content (AvgIpc) is 3.12. The Balaban J connectivity index is 2.20. The highest BCUT2D eigenvalue weighted by atomic mass is 16.4. The van der Waals surface area contributed by atoms with Gasteiger partial charge in [-0.15, -0.1) is 0 Å². The first-order valence-corrected chi connectivity index (χ1v) is 7.10. The minimum absolute atomic E-state index is 0.947. The molecular formula is C18H14N2O. The van der Waals surface area contributed by atoms with Gasteiger partial charge in [-0.3, -0.25) is 0 Å². The lowest BCUT2D eigenvalue weighted by molar-refractivity contribution is 0.606. The maximum absolute atomic E-state index is 6.21. The fourth-order valence-corrected chi connectivity index (χ4v) is 3.55. The molecule has 21 heavy (non-hydrogen) atoms. The van der Waals surface area contributed by atoms with Crippen molar-refractivity contribution in [2.75, 3.05) is 0 Å². The van der Waals surface area contributed by atoms with Crippen LogP contribution in [0.5, 0.6) is 0 Å². The van der Waals surface area contributed by atoms with Crippen molar-refractivity contribution in [2.24, 2.45) is 14.1 Å². The first-order valence-electron chi connectivity index (χ1n) is 7.10. The lowest BCUT2D eigenvalue weighted by Crippen LogP contribution is -1.87. The van der Waals surface area contributed by atoms with E-state index in [9.17, 15) is 0 Å². The van der Waals surface area contributed by atoms with E-state index in [1.807, 2.05) is 0 Å². The summed E-state index contributed by atoms with van der Waals surface area (Å²) in [5, 5.41) is 4.95. The molecule has 0 saturated carbocycles. The standard InChI is InChI=1S/C18H14N2O/c1-19-13-9-5-3-7-11(13)15-16-12-8-4-6-10-14(12)20(2)18(16)21-17(15)19/h3-10H,1-2H3. The van der Waals surface area contributed by atoms with Crippen molar-refractivity contribution in [1.29, 1.82) is 0 Å². The number of aromatic nitrogens is 2. The number of para-hydroxylation sites is 2. The van der Waals surface area contributed by atoms with Crippen LogP contribution in [0.3, 0.4) is 0 Å². The molecule has 5 aromatic rings. The van der Waals surface area contributed by atoms with Crippen molar-refractivity contribution in [2.45, 2.75) is 0 Å². The van der Waals surface area contributed by atoms with Gasteiger partial charge in [0.2, 0.25) is 11.4 Å². The highest BCUT2D eigenvalue weighted by Gasteiger charge is 2.21. The molecule has 0 amide bonds. The van der Waals surface area contributed by atoms with Gasteiger partial charge in [-0.25, -0.2) is 0 Å². The third kappa shape index (κ3) is 1.16. The molecule has 0 unspecified atom stereocenters. The van der Waals surface area contributed by atoms with Gasteiger partial charge in [0, 0.05) is 24.9 Å². The van der Waals surface area contributed by atoms with Gasteiger partial charge in [0.25, 0.3) is 0 Å². The van der Waals surface area contributed by atoms with Crippen LogP contribution in [-0.2, 0) is 14.1 Å². The van der Waals surface area contributed by atoms with Crippen LogP contribution in [0.25, 0.3) is 44.0 Å². The van der Waals surface area contributed by atoms with Crippen molar-refractivity contribution in [3.05, 3.63) is 48.5 Å². The van der Waals surface area contributed by atoms with Gasteiger partial charge < -0.3 is 13.6 Å². The predicted octanol–water partition coefficient (Wildman–Crippen LogP) is 4.57. The summed E-state index contributed by atoms with van der Waals surface area (Å²) in [5.41, 5.74) is 4.31. The van der Waals surface area contributed by atoms with Crippen molar-refractivity contribution in [1.82, 2.24) is 9.13 Å². The molecular weight excluding hydrogens is 260 g/mol. The molecule has 3 aromatic heterocycles. The van der Waals surface area contributed by atoms with Crippen LogP contribution in [0.15, 0.2) is 52.9 Å². The molecule has 0 fully saturated rings. The number of hydrogen-bond donors (Lipinski definition) is 0. The lowest BCUT2D eigenvalue weighted by Gasteiger charge is -1.96. The molecule has 0 saturated heterocycles. The lowest BCUT2D eigenvalue weighted by atomic mass is 10.1. The Morgan fingerprint density at radius 1 is 0.667 bits per heavy atom. The monoisotopic (exact) mass is 274 g/mol. The van der Waals surface area contributed by atoms with Crippen molar-refractivity contribution in [3.63, 3.8) is 0 Å². The summed E-state index contributed by atoms with van der Waals surface area (Å²) in [6, 6.07) is 17.0. The molecule has 5 rings (SSSR count). The molecule has 102 valence electrons. The molecule has 0 aliphatic carbocycles. The van der Waals surface area contributed by atoms with E-state index < -0.39 is 0 Å². The fourth-order valence-electron chi connectivity index (χ4n) is 3.55. The van der Waals surface area contributed by atoms with E-state index in [4.69, 9.17) is 4.42 Å². The fraction of sp³-hybridized carbons (Fsp3) is 0.111. The Morgan fingerprint density at radius 2 is 1.10 bits per heavy atom. The third-order valence-corrected chi connectivity index (χ3v) is 4.55. The normalized spacial score (nSPS) is 12.3. The van der Waals surface area contributed by atoms with Gasteiger partial charge >= 0.3 is 0 Å². The molecule has 0 aliphatic heterocycles. The van der Waals surface area contributed by atoms with E-state index in [-0.39, 0.29) is 0 Å². The quantitative estimate of drug-likeness (QED) is 0.405. The van der Waals surface area contributed by atoms with Crippen LogP contribution < -0.4 is 0 Å². The smallest absolute Gasteiger partial charge is 0.211 e. The van der Waals surface area contributed by atoms with Crippen molar-refractivity contribution in [3.8, 4) is 0 Å². The molecule has 0 N–H and O–H groups in total. The number of rotatable bonds is 0. The molecule has 3 nitrogen and oxygen atoms in total. The predicted molar refractivity (Wildman–Crippen MR) is 86.7 cm³/mol. The maximum Gasteiger partial charge on any atom is 0.211 e. The zero-order valence-electron chi connectivity index (χ0n) is 11.9. The number of nitrogens with zero attached hydrogens (tertiary/aromatic N) is 2. The molecule has 3 heterocycles. The van der Waals surface area contributed by atoms with E-state index in [0.29, 0.717) is 0 Å². The molecule has 0 spiro atoms. The Morgan fingerprint density at radius 3 is 1.57 bits per heavy atom. The maximum atomic E-state index is 6.21. The second kappa shape index (κ2) is 3.50. The minimum Gasteiger partial charge on any atom is -0.423 e. The second-order valence-electron chi connectivity index (χ2n) is 5.61. The molecule has 0 aliphatic rings. The summed E-state index contributed by atoms with van der Waals surface area (Å²) in [5.74, 6) is 0. The van der Waals surface area contributed by atoms with Crippen LogP contribution in [0, 0.1) is 0 Å². The minimum atomic E-state index is 0.947. The Kier molecular flexibility index (Phi) is 1.84. The first-order chi connectivity index (χ1) is 10.3. The van der Waals surface area contributed by atoms with Gasteiger partial charge in [0.05, 0.1) is 21.8 Å². The zero-order valence-corrected chi connectivity index (χ0v) is 11.9. The van der Waals surface area contributed by atoms with Crippen LogP contribution in [-0.4, -0.2) is 9.13 Å². The summed E-state index contributed by atoms with van der Waals surface area (Å²) in [7, 11) is 4.13. The van der Waals surface area contributed by atoms with E-state index in [0.717, 1.165) is 11.4 Å². The van der Waals surface area contributed by atoms with Crippen LogP contribution in [0.4, 0.5) is 0 Å². The number of furan rings is 1. The highest BCUT2D eigenvalue weighted by Crippen LogP contribution is 2.41. The van der Waals surface area contributed by atoms with E-state index in [2.05, 4.69) is 71.8 Å². The molecule has 0 bridgehead atoms. The topological polar surface area (TPSA) is 23.0 Å². The number of aryl methyl sites for hydroxylation is 2. The highest BCUT2D eigenvalue weighted by molar-refractivity contribution is 6.26. The number of fused-ring (bicyclic) bond motifs is 7. The van der Waals surface area contributed by atoms with Crippen LogP contribution >= 0.6 is 0 Å². The van der Waals surface area contributed by atoms with Gasteiger partial charge in [-0.1, -0.05) is 36.4 Å². The second-order valence-corrected chi connectivity index (χ2v) is 5.61. The van der Waals surface area contributed by atoms with E-state index >= 15 is 0 Å². The third-order valence-electron chi connectivity index (χ3n) is 4.55. The van der Waals surface area contributed by atoms with Gasteiger partial charge in [0.15, 0.2) is 0 Å². The Hall–Kier alpha value is -2.68. The van der Waals surface area contributed by atoms with Crippen molar-refractivity contribution < 1.29 is 4.42 Å². The van der Waals surface area contributed by atoms with Gasteiger partial charge in [-0.05, 0) is 12.1 Å². The summed E-state index contributed by atoms with van der Waals surface area (Å²) in [4.78, 5) is 0. The summed E-state index contributed by atoms with van der Waals surface area (Å²) in [6.07, 6.45) is 0. The molecule has 2 aromatic carbocycles. The zero-order chi connectivity index (χ0) is 14.1. The first kappa shape index (κ1) is 11.0. The number of benzene rings is 2. The van der Waals surface area contributed by atoms with E-state index in [1.165, 1.54) is 32.6 Å². The number of hydrogen-bond acceptors (Lipinski definition) is 1. The summed E-state index contributed by atoms with van der Waals surface area (Å²) < 4.78 is 10.5. The Bertz CT molecular complexity index is 1060. The van der Waals surface area contributed by atoms with Gasteiger partial charge in [-0.2, -0.15) is 0 Å². The molecule has 0 atom stereocenters. The summed E-state index contributed by atoms with van der Waals surface area (Å²) in [6.45, 7) is 0. The SMILES string of the molecule is Cn1c2ccccc2c2c3c4ccccc4n(C)c3oc21. The van der Waals surface area contributed by atoms with Crippen molar-refractivity contribution >= 4 is 44.0 Å². The van der Waals surface area contributed by atoms with Crippen LogP contribution in [0.1, 0.15) is 0 Å². The van der Waals surface area contributed by atoms with Crippen LogP contribution in [0.2, 0.25) is 0 Å². The van der Waals surface area contributed by atoms with E-state index in [1.54, 1.807) is 0 Å². The largest absolute Gasteiger partial charge is 0.423 e. The Labute approximate surface area is 121 Å². The molecule has 0 radical (unpaired) electrons. The summed E-state index contributed by atoms with van der Waals surface area (Å²) >= 11 is 0. The average molecular weight is 274 g/mol. The molecule has 3 heteroatoms.